The van der Waals surface area contributed by atoms with Crippen LogP contribution >= 0.6 is 0 Å². The van der Waals surface area contributed by atoms with E-state index in [1.54, 1.807) is 14.1 Å². The zero-order chi connectivity index (χ0) is 12.1. The number of esters is 1. The molecule has 16 heavy (non-hydrogen) atoms. The van der Waals surface area contributed by atoms with E-state index >= 15 is 0 Å². The monoisotopic (exact) mass is 237 g/mol. The van der Waals surface area contributed by atoms with Crippen molar-refractivity contribution in [2.45, 2.75) is 35.6 Å². The molecule has 0 unspecified atom stereocenters. The van der Waals surface area contributed by atoms with Crippen molar-refractivity contribution < 1.29 is 19.1 Å². The van der Waals surface area contributed by atoms with Gasteiger partial charge in [-0.25, -0.2) is 0 Å². The van der Waals surface area contributed by atoms with Crippen molar-refractivity contribution >= 4 is 18.2 Å². The van der Waals surface area contributed by atoms with Crippen LogP contribution in [-0.4, -0.2) is 44.3 Å². The van der Waals surface area contributed by atoms with Gasteiger partial charge < -0.3 is 14.4 Å². The van der Waals surface area contributed by atoms with Crippen LogP contribution in [-0.2, 0) is 19.1 Å². The van der Waals surface area contributed by atoms with Gasteiger partial charge in [0.25, 0.3) is 0 Å². The van der Waals surface area contributed by atoms with Gasteiger partial charge in [-0.2, -0.15) is 0 Å². The molecule has 0 fully saturated rings. The van der Waals surface area contributed by atoms with Crippen molar-refractivity contribution in [3.05, 3.63) is 0 Å². The van der Waals surface area contributed by atoms with Crippen LogP contribution < -0.4 is 0 Å². The summed E-state index contributed by atoms with van der Waals surface area (Å²) in [5.41, 5.74) is 0. The topological polar surface area (TPSA) is 63.7 Å². The predicted octanol–water partition coefficient (Wildman–Crippen LogP) is 1.75. The molecular weight excluding hydrogens is 210 g/mol. The van der Waals surface area contributed by atoms with Crippen LogP contribution in [0.2, 0.25) is 0 Å². The van der Waals surface area contributed by atoms with Crippen molar-refractivity contribution in [2.24, 2.45) is 0 Å². The summed E-state index contributed by atoms with van der Waals surface area (Å²) in [7, 11) is 4.80. The van der Waals surface area contributed by atoms with Gasteiger partial charge in [-0.1, -0.05) is 14.9 Å². The summed E-state index contributed by atoms with van der Waals surface area (Å²) in [5.74, 6) is -0.153. The minimum Gasteiger partial charge on any atom is -0.469 e. The molecule has 5 heteroatoms. The lowest BCUT2D eigenvalue weighted by Gasteiger charge is -2.02. The average Bonchev–Trinajstić information content (AvgIpc) is 2.06. The minimum atomic E-state index is -0.245. The number of ether oxygens (including phenoxy) is 1. The number of nitrogens with zero attached hydrogens (tertiary/aromatic N) is 1. The van der Waals surface area contributed by atoms with Crippen LogP contribution in [0.15, 0.2) is 0 Å². The van der Waals surface area contributed by atoms with Gasteiger partial charge in [0.15, 0.2) is 0 Å². The van der Waals surface area contributed by atoms with E-state index < -0.39 is 0 Å². The fourth-order valence-corrected chi connectivity index (χ4v) is 0. The first-order valence-electron chi connectivity index (χ1n) is 3.95. The fraction of sp³-hybridized carbons (Fsp3) is 0.727. The maximum absolute atomic E-state index is 10.1. The maximum atomic E-state index is 10.1. The van der Waals surface area contributed by atoms with Crippen LogP contribution in [0.3, 0.4) is 0 Å². The summed E-state index contributed by atoms with van der Waals surface area (Å²) >= 11 is 0. The molecule has 0 atom stereocenters. The molecule has 0 rings (SSSR count). The zero-order valence-electron chi connectivity index (χ0n) is 9.66. The molecule has 0 saturated heterocycles. The third kappa shape index (κ3) is 80.0. The van der Waals surface area contributed by atoms with Crippen molar-refractivity contribution in [3.63, 3.8) is 0 Å². The molecule has 1 amide bonds. The SMILES string of the molecule is C.C.CC(=O)N(C)C.CC=O.COC(C)=O. The number of carbonyl (C=O) groups excluding carboxylic acids is 3. The Bertz CT molecular complexity index is 167. The summed E-state index contributed by atoms with van der Waals surface area (Å²) in [6.07, 6.45) is 0.750. The molecule has 0 radical (unpaired) electrons. The second kappa shape index (κ2) is 23.4. The number of carbonyl (C=O) groups is 3. The molecule has 0 spiro atoms. The van der Waals surface area contributed by atoms with Gasteiger partial charge in [0.2, 0.25) is 5.91 Å². The zero-order valence-corrected chi connectivity index (χ0v) is 9.66. The van der Waals surface area contributed by atoms with Gasteiger partial charge in [-0.05, 0) is 6.92 Å². The first-order valence-corrected chi connectivity index (χ1v) is 3.95. The molecule has 0 heterocycles. The molecule has 0 bridgehead atoms. The molecule has 0 aromatic carbocycles. The Balaban J connectivity index is -0.0000000373. The molecule has 0 aliphatic rings. The lowest BCUT2D eigenvalue weighted by Crippen LogP contribution is -2.17. The third-order valence-electron chi connectivity index (χ3n) is 0.917. The molecule has 0 N–H and O–H groups in total. The molecule has 0 saturated carbocycles. The summed E-state index contributed by atoms with van der Waals surface area (Å²) < 4.78 is 4.11. The van der Waals surface area contributed by atoms with Gasteiger partial charge in [0, 0.05) is 27.9 Å². The van der Waals surface area contributed by atoms with E-state index in [0.29, 0.717) is 0 Å². The quantitative estimate of drug-likeness (QED) is 0.475. The number of aldehydes is 1. The van der Waals surface area contributed by atoms with Gasteiger partial charge in [-0.15, -0.1) is 0 Å². The summed E-state index contributed by atoms with van der Waals surface area (Å²) in [4.78, 5) is 30.0. The first-order chi connectivity index (χ1) is 6.33. The minimum absolute atomic E-state index is 0. The standard InChI is InChI=1S/C4H9NO.C3H6O2.C2H4O.2CH4/c1-4(6)5(2)3;1-3(4)5-2;1-2-3;;/h1-3H3;1-2H3;2H,1H3;2*1H4. The number of hydrogen-bond donors (Lipinski definition) is 0. The first kappa shape index (κ1) is 29.3. The Kier molecular flexibility index (Phi) is 42.9. The average molecular weight is 237 g/mol. The largest absolute Gasteiger partial charge is 0.469 e. The fourth-order valence-electron chi connectivity index (χ4n) is 0. The van der Waals surface area contributed by atoms with Crippen molar-refractivity contribution in [1.82, 2.24) is 4.90 Å². The third-order valence-corrected chi connectivity index (χ3v) is 0.917. The van der Waals surface area contributed by atoms with Crippen LogP contribution in [0.25, 0.3) is 0 Å². The Hall–Kier alpha value is -1.39. The molecule has 0 aromatic heterocycles. The lowest BCUT2D eigenvalue weighted by molar-refractivity contribution is -0.138. The maximum Gasteiger partial charge on any atom is 0.302 e. The van der Waals surface area contributed by atoms with E-state index in [1.165, 1.54) is 32.8 Å². The Labute approximate surface area is 99.8 Å². The van der Waals surface area contributed by atoms with E-state index in [1.807, 2.05) is 0 Å². The Morgan fingerprint density at radius 3 is 1.25 bits per heavy atom. The molecular formula is C11H27NO4. The molecule has 0 aromatic rings. The van der Waals surface area contributed by atoms with Gasteiger partial charge >= 0.3 is 5.97 Å². The number of amides is 1. The van der Waals surface area contributed by atoms with Gasteiger partial charge in [0.1, 0.15) is 6.29 Å². The van der Waals surface area contributed by atoms with Gasteiger partial charge in [0.05, 0.1) is 7.11 Å². The number of methoxy groups -OCH3 is 1. The molecule has 100 valence electrons. The van der Waals surface area contributed by atoms with Gasteiger partial charge in [-0.3, -0.25) is 9.59 Å². The van der Waals surface area contributed by atoms with E-state index in [0.717, 1.165) is 6.29 Å². The number of hydrogen-bond acceptors (Lipinski definition) is 4. The van der Waals surface area contributed by atoms with Crippen LogP contribution in [0.1, 0.15) is 35.6 Å². The molecule has 5 nitrogen and oxygen atoms in total. The highest BCUT2D eigenvalue weighted by Crippen LogP contribution is 1.69. The smallest absolute Gasteiger partial charge is 0.302 e. The summed E-state index contributed by atoms with van der Waals surface area (Å²) in [6, 6.07) is 0. The highest BCUT2D eigenvalue weighted by molar-refractivity contribution is 5.72. The van der Waals surface area contributed by atoms with Crippen molar-refractivity contribution in [3.8, 4) is 0 Å². The second-order valence-corrected chi connectivity index (χ2v) is 2.34. The van der Waals surface area contributed by atoms with Crippen LogP contribution in [0, 0.1) is 0 Å². The number of rotatable bonds is 0. The Morgan fingerprint density at radius 1 is 1.12 bits per heavy atom. The summed E-state index contributed by atoms with van der Waals surface area (Å²) in [5, 5.41) is 0. The second-order valence-electron chi connectivity index (χ2n) is 2.34. The molecule has 0 aliphatic heterocycles. The van der Waals surface area contributed by atoms with E-state index in [4.69, 9.17) is 4.79 Å². The normalized spacial score (nSPS) is 5.88. The van der Waals surface area contributed by atoms with E-state index in [9.17, 15) is 9.59 Å². The highest BCUT2D eigenvalue weighted by Gasteiger charge is 1.87. The van der Waals surface area contributed by atoms with E-state index in [-0.39, 0.29) is 26.7 Å². The van der Waals surface area contributed by atoms with Crippen LogP contribution in [0.5, 0.6) is 0 Å². The highest BCUT2D eigenvalue weighted by atomic mass is 16.5. The lowest BCUT2D eigenvalue weighted by atomic mass is 10.7. The van der Waals surface area contributed by atoms with Crippen LogP contribution in [0.4, 0.5) is 0 Å². The molecule has 0 aliphatic carbocycles. The summed E-state index contributed by atoms with van der Waals surface area (Å²) in [6.45, 7) is 4.33. The Morgan fingerprint density at radius 2 is 1.25 bits per heavy atom. The van der Waals surface area contributed by atoms with E-state index in [2.05, 4.69) is 4.74 Å². The predicted molar refractivity (Wildman–Crippen MR) is 67.3 cm³/mol. The van der Waals surface area contributed by atoms with Crippen molar-refractivity contribution in [1.29, 1.82) is 0 Å². The van der Waals surface area contributed by atoms with Crippen molar-refractivity contribution in [2.75, 3.05) is 21.2 Å².